The third kappa shape index (κ3) is 7.37. The second kappa shape index (κ2) is 11.6. The minimum atomic E-state index is -0.877. The minimum absolute atomic E-state index is 0.0691. The van der Waals surface area contributed by atoms with E-state index in [-0.39, 0.29) is 18.2 Å². The minimum Gasteiger partial charge on any atom is -0.345 e. The average molecular weight is 424 g/mol. The summed E-state index contributed by atoms with van der Waals surface area (Å²) < 4.78 is 0. The SMILES string of the molecule is CC(NC(=O)C(Cc1ccccc1)NC(=O)c1ccccc1)C(=O)NC(C=O)C(C)C. The van der Waals surface area contributed by atoms with E-state index in [1.54, 1.807) is 30.3 Å². The Balaban J connectivity index is 2.10. The lowest BCUT2D eigenvalue weighted by atomic mass is 10.0. The van der Waals surface area contributed by atoms with E-state index >= 15 is 0 Å². The molecule has 2 rings (SSSR count). The van der Waals surface area contributed by atoms with Crippen LogP contribution in [0.2, 0.25) is 0 Å². The van der Waals surface area contributed by atoms with Gasteiger partial charge in [-0.2, -0.15) is 0 Å². The number of amides is 3. The lowest BCUT2D eigenvalue weighted by molar-refractivity contribution is -0.130. The third-order valence-electron chi connectivity index (χ3n) is 4.87. The second-order valence-electron chi connectivity index (χ2n) is 7.73. The summed E-state index contributed by atoms with van der Waals surface area (Å²) in [5.41, 5.74) is 1.30. The van der Waals surface area contributed by atoms with Gasteiger partial charge in [-0.05, 0) is 30.5 Å². The normalized spacial score (nSPS) is 13.5. The first kappa shape index (κ1) is 23.8. The van der Waals surface area contributed by atoms with E-state index in [2.05, 4.69) is 16.0 Å². The molecule has 3 amide bonds. The molecule has 0 radical (unpaired) electrons. The van der Waals surface area contributed by atoms with Crippen molar-refractivity contribution >= 4 is 24.0 Å². The Kier molecular flexibility index (Phi) is 8.94. The van der Waals surface area contributed by atoms with Crippen molar-refractivity contribution in [3.63, 3.8) is 0 Å². The van der Waals surface area contributed by atoms with Gasteiger partial charge >= 0.3 is 0 Å². The molecule has 2 aromatic rings. The molecule has 3 atom stereocenters. The molecule has 3 unspecified atom stereocenters. The van der Waals surface area contributed by atoms with Crippen molar-refractivity contribution in [2.75, 3.05) is 0 Å². The number of carbonyl (C=O) groups excluding carboxylic acids is 4. The Labute approximate surface area is 182 Å². The zero-order valence-corrected chi connectivity index (χ0v) is 18.0. The smallest absolute Gasteiger partial charge is 0.251 e. The molecule has 0 aliphatic heterocycles. The highest BCUT2D eigenvalue weighted by Gasteiger charge is 2.26. The maximum absolute atomic E-state index is 12.9. The summed E-state index contributed by atoms with van der Waals surface area (Å²) in [6, 6.07) is 15.5. The molecule has 0 saturated carbocycles. The number of benzene rings is 2. The van der Waals surface area contributed by atoms with E-state index in [1.165, 1.54) is 6.92 Å². The highest BCUT2D eigenvalue weighted by atomic mass is 16.2. The zero-order chi connectivity index (χ0) is 22.8. The van der Waals surface area contributed by atoms with Gasteiger partial charge in [0, 0.05) is 12.0 Å². The van der Waals surface area contributed by atoms with E-state index in [1.807, 2.05) is 44.2 Å². The Bertz CT molecular complexity index is 884. The van der Waals surface area contributed by atoms with E-state index in [0.29, 0.717) is 11.8 Å². The van der Waals surface area contributed by atoms with E-state index in [0.717, 1.165) is 5.56 Å². The molecule has 7 heteroatoms. The third-order valence-corrected chi connectivity index (χ3v) is 4.87. The number of aldehydes is 1. The predicted octanol–water partition coefficient (Wildman–Crippen LogP) is 1.87. The molecule has 0 aliphatic carbocycles. The fourth-order valence-electron chi connectivity index (χ4n) is 2.92. The van der Waals surface area contributed by atoms with Gasteiger partial charge in [0.05, 0.1) is 6.04 Å². The number of hydrogen-bond donors (Lipinski definition) is 3. The maximum Gasteiger partial charge on any atom is 0.251 e. The molecule has 3 N–H and O–H groups in total. The highest BCUT2D eigenvalue weighted by Crippen LogP contribution is 2.06. The van der Waals surface area contributed by atoms with Crippen LogP contribution in [0.5, 0.6) is 0 Å². The number of rotatable bonds is 10. The molecule has 0 heterocycles. The molecule has 2 aromatic carbocycles. The summed E-state index contributed by atoms with van der Waals surface area (Å²) in [4.78, 5) is 49.1. The van der Waals surface area contributed by atoms with Crippen LogP contribution in [0.15, 0.2) is 60.7 Å². The summed E-state index contributed by atoms with van der Waals surface area (Å²) in [5.74, 6) is -1.40. The highest BCUT2D eigenvalue weighted by molar-refractivity contribution is 5.98. The van der Waals surface area contributed by atoms with Crippen molar-refractivity contribution in [1.82, 2.24) is 16.0 Å². The van der Waals surface area contributed by atoms with Crippen LogP contribution >= 0.6 is 0 Å². The van der Waals surface area contributed by atoms with Crippen LogP contribution < -0.4 is 16.0 Å². The molecule has 0 aliphatic rings. The van der Waals surface area contributed by atoms with Gasteiger partial charge in [0.25, 0.3) is 5.91 Å². The van der Waals surface area contributed by atoms with Crippen LogP contribution in [0.4, 0.5) is 0 Å². The van der Waals surface area contributed by atoms with Gasteiger partial charge in [-0.1, -0.05) is 62.4 Å². The van der Waals surface area contributed by atoms with Gasteiger partial charge in [0.15, 0.2) is 0 Å². The van der Waals surface area contributed by atoms with Gasteiger partial charge in [-0.3, -0.25) is 14.4 Å². The lowest BCUT2D eigenvalue weighted by Crippen LogP contribution is -2.55. The topological polar surface area (TPSA) is 104 Å². The monoisotopic (exact) mass is 423 g/mol. The number of hydrogen-bond acceptors (Lipinski definition) is 4. The van der Waals surface area contributed by atoms with Gasteiger partial charge < -0.3 is 20.7 Å². The average Bonchev–Trinajstić information content (AvgIpc) is 2.77. The quantitative estimate of drug-likeness (QED) is 0.508. The van der Waals surface area contributed by atoms with Gasteiger partial charge in [0.1, 0.15) is 18.4 Å². The number of carbonyl (C=O) groups is 4. The van der Waals surface area contributed by atoms with Crippen LogP contribution in [-0.2, 0) is 20.8 Å². The van der Waals surface area contributed by atoms with Crippen LogP contribution in [0, 0.1) is 5.92 Å². The first-order valence-corrected chi connectivity index (χ1v) is 10.3. The summed E-state index contributed by atoms with van der Waals surface area (Å²) in [6.45, 7) is 5.17. The van der Waals surface area contributed by atoms with Crippen LogP contribution in [-0.4, -0.2) is 42.1 Å². The van der Waals surface area contributed by atoms with Crippen molar-refractivity contribution < 1.29 is 19.2 Å². The van der Waals surface area contributed by atoms with Crippen LogP contribution in [0.25, 0.3) is 0 Å². The Hall–Kier alpha value is -3.48. The summed E-state index contributed by atoms with van der Waals surface area (Å²) in [7, 11) is 0. The standard InChI is InChI=1S/C24H29N3O4/c1-16(2)21(15-28)27-22(29)17(3)25-24(31)20(14-18-10-6-4-7-11-18)26-23(30)19-12-8-5-9-13-19/h4-13,15-17,20-21H,14H2,1-3H3,(H,25,31)(H,26,30)(H,27,29). The molecule has 0 spiro atoms. The van der Waals surface area contributed by atoms with Crippen molar-refractivity contribution in [3.05, 3.63) is 71.8 Å². The molecular weight excluding hydrogens is 394 g/mol. The van der Waals surface area contributed by atoms with Crippen molar-refractivity contribution in [1.29, 1.82) is 0 Å². The van der Waals surface area contributed by atoms with E-state index < -0.39 is 29.9 Å². The fraction of sp³-hybridized carbons (Fsp3) is 0.333. The molecule has 31 heavy (non-hydrogen) atoms. The lowest BCUT2D eigenvalue weighted by Gasteiger charge is -2.23. The van der Waals surface area contributed by atoms with Gasteiger partial charge in [-0.15, -0.1) is 0 Å². The van der Waals surface area contributed by atoms with Crippen molar-refractivity contribution in [2.24, 2.45) is 5.92 Å². The molecular formula is C24H29N3O4. The number of nitrogens with one attached hydrogen (secondary N) is 3. The Morgan fingerprint density at radius 1 is 0.806 bits per heavy atom. The van der Waals surface area contributed by atoms with E-state index in [4.69, 9.17) is 0 Å². The maximum atomic E-state index is 12.9. The van der Waals surface area contributed by atoms with Gasteiger partial charge in [-0.25, -0.2) is 0 Å². The second-order valence-corrected chi connectivity index (χ2v) is 7.73. The zero-order valence-electron chi connectivity index (χ0n) is 18.0. The molecule has 0 bridgehead atoms. The molecule has 0 fully saturated rings. The molecule has 164 valence electrons. The summed E-state index contributed by atoms with van der Waals surface area (Å²) in [6.07, 6.45) is 0.942. The Morgan fingerprint density at radius 3 is 1.94 bits per heavy atom. The first-order chi connectivity index (χ1) is 14.8. The summed E-state index contributed by atoms with van der Waals surface area (Å²) in [5, 5.41) is 8.02. The molecule has 0 aromatic heterocycles. The first-order valence-electron chi connectivity index (χ1n) is 10.3. The van der Waals surface area contributed by atoms with Crippen molar-refractivity contribution in [2.45, 2.75) is 45.3 Å². The van der Waals surface area contributed by atoms with E-state index in [9.17, 15) is 19.2 Å². The Morgan fingerprint density at radius 2 is 1.39 bits per heavy atom. The summed E-state index contributed by atoms with van der Waals surface area (Å²) >= 11 is 0. The molecule has 0 saturated heterocycles. The van der Waals surface area contributed by atoms with Crippen LogP contribution in [0.3, 0.4) is 0 Å². The largest absolute Gasteiger partial charge is 0.345 e. The van der Waals surface area contributed by atoms with Gasteiger partial charge in [0.2, 0.25) is 11.8 Å². The molecule has 7 nitrogen and oxygen atoms in total. The predicted molar refractivity (Wildman–Crippen MR) is 118 cm³/mol. The van der Waals surface area contributed by atoms with Crippen LogP contribution in [0.1, 0.15) is 36.7 Å². The van der Waals surface area contributed by atoms with Crippen molar-refractivity contribution in [3.8, 4) is 0 Å². The fourth-order valence-corrected chi connectivity index (χ4v) is 2.92.